The fraction of sp³-hybridized carbons (Fsp3) is 0.409. The predicted molar refractivity (Wildman–Crippen MR) is 114 cm³/mol. The number of aryl methyl sites for hydroxylation is 1. The predicted octanol–water partition coefficient (Wildman–Crippen LogP) is 4.17. The Morgan fingerprint density at radius 3 is 2.28 bits per heavy atom. The molecule has 0 aromatic heterocycles. The maximum atomic E-state index is 13.1. The maximum Gasteiger partial charge on any atom is 0.309 e. The van der Waals surface area contributed by atoms with Gasteiger partial charge >= 0.3 is 10.1 Å². The summed E-state index contributed by atoms with van der Waals surface area (Å²) in [6.45, 7) is 7.83. The Morgan fingerprint density at radius 1 is 1.07 bits per heavy atom. The van der Waals surface area contributed by atoms with Crippen LogP contribution >= 0.6 is 0 Å². The monoisotopic (exact) mass is 419 g/mol. The van der Waals surface area contributed by atoms with Gasteiger partial charge in [-0.05, 0) is 57.0 Å². The lowest BCUT2D eigenvalue weighted by molar-refractivity contribution is 0.0671. The van der Waals surface area contributed by atoms with Crippen molar-refractivity contribution >= 4 is 16.0 Å². The molecule has 0 N–H and O–H groups in total. The molecule has 0 fully saturated rings. The van der Waals surface area contributed by atoms with Gasteiger partial charge in [0.15, 0.2) is 11.5 Å². The summed E-state index contributed by atoms with van der Waals surface area (Å²) in [6, 6.07) is 12.6. The molecule has 0 aliphatic carbocycles. The van der Waals surface area contributed by atoms with Gasteiger partial charge in [-0.2, -0.15) is 8.42 Å². The van der Waals surface area contributed by atoms with Gasteiger partial charge in [-0.1, -0.05) is 30.7 Å². The van der Waals surface area contributed by atoms with Gasteiger partial charge in [0, 0.05) is 18.2 Å². The zero-order chi connectivity index (χ0) is 21.6. The minimum absolute atomic E-state index is 0.00893. The van der Waals surface area contributed by atoms with Crippen molar-refractivity contribution in [3.05, 3.63) is 59.2 Å². The second-order valence-corrected chi connectivity index (χ2v) is 8.83. The third-order valence-corrected chi connectivity index (χ3v) is 5.97. The van der Waals surface area contributed by atoms with Crippen molar-refractivity contribution in [3.63, 3.8) is 0 Å². The van der Waals surface area contributed by atoms with E-state index in [9.17, 15) is 13.2 Å². The highest BCUT2D eigenvalue weighted by Crippen LogP contribution is 2.30. The fourth-order valence-corrected chi connectivity index (χ4v) is 3.31. The van der Waals surface area contributed by atoms with Crippen LogP contribution in [0, 0.1) is 6.92 Å². The lowest BCUT2D eigenvalue weighted by Gasteiger charge is -2.29. The zero-order valence-corrected chi connectivity index (χ0v) is 18.5. The summed E-state index contributed by atoms with van der Waals surface area (Å²) in [7, 11) is -2.24. The first-order chi connectivity index (χ1) is 13.7. The van der Waals surface area contributed by atoms with E-state index in [0.717, 1.165) is 17.5 Å². The number of carbonyl (C=O) groups is 1. The summed E-state index contributed by atoms with van der Waals surface area (Å²) in [6.07, 6.45) is 0.793. The number of rotatable bonds is 9. The van der Waals surface area contributed by atoms with E-state index in [1.807, 2.05) is 51.1 Å². The van der Waals surface area contributed by atoms with E-state index >= 15 is 0 Å². The lowest BCUT2D eigenvalue weighted by Crippen LogP contribution is -2.37. The minimum Gasteiger partial charge on any atom is -0.493 e. The van der Waals surface area contributed by atoms with Crippen LogP contribution in [-0.2, 0) is 16.7 Å². The first kappa shape index (κ1) is 22.7. The largest absolute Gasteiger partial charge is 0.493 e. The number of amides is 1. The maximum absolute atomic E-state index is 13.1. The summed E-state index contributed by atoms with van der Waals surface area (Å²) < 4.78 is 34.2. The Labute approximate surface area is 173 Å². The summed E-state index contributed by atoms with van der Waals surface area (Å²) in [5.74, 6) is 0.231. The van der Waals surface area contributed by atoms with Crippen molar-refractivity contribution in [2.45, 2.75) is 46.7 Å². The molecule has 1 unspecified atom stereocenters. The van der Waals surface area contributed by atoms with Gasteiger partial charge in [0.1, 0.15) is 0 Å². The van der Waals surface area contributed by atoms with E-state index in [0.29, 0.717) is 17.9 Å². The van der Waals surface area contributed by atoms with Crippen LogP contribution in [0.2, 0.25) is 0 Å². The van der Waals surface area contributed by atoms with Gasteiger partial charge in [-0.3, -0.25) is 4.79 Å². The molecule has 0 spiro atoms. The van der Waals surface area contributed by atoms with E-state index in [4.69, 9.17) is 8.92 Å². The number of hydrogen-bond acceptors (Lipinski definition) is 5. The number of hydrogen-bond donors (Lipinski definition) is 0. The summed E-state index contributed by atoms with van der Waals surface area (Å²) >= 11 is 0. The molecule has 1 atom stereocenters. The highest BCUT2D eigenvalue weighted by atomic mass is 32.2. The van der Waals surface area contributed by atoms with Crippen molar-refractivity contribution in [3.8, 4) is 11.5 Å². The molecule has 2 aromatic rings. The first-order valence-electron chi connectivity index (χ1n) is 9.67. The van der Waals surface area contributed by atoms with Crippen molar-refractivity contribution in [2.75, 3.05) is 12.9 Å². The highest BCUT2D eigenvalue weighted by Gasteiger charge is 2.22. The minimum atomic E-state index is -3.70. The van der Waals surface area contributed by atoms with Crippen molar-refractivity contribution in [2.24, 2.45) is 0 Å². The molecule has 0 radical (unpaired) electrons. The molecular formula is C22H29NO5S. The van der Waals surface area contributed by atoms with E-state index < -0.39 is 10.1 Å². The zero-order valence-electron chi connectivity index (χ0n) is 17.6. The van der Waals surface area contributed by atoms with Crippen LogP contribution in [0.1, 0.15) is 48.7 Å². The number of carbonyl (C=O) groups excluding carboxylic acids is 1. The number of methoxy groups -OCH3 is 1. The number of ether oxygens (including phenoxy) is 1. The van der Waals surface area contributed by atoms with Gasteiger partial charge in [0.25, 0.3) is 5.91 Å². The van der Waals surface area contributed by atoms with Crippen LogP contribution in [0.4, 0.5) is 0 Å². The summed E-state index contributed by atoms with van der Waals surface area (Å²) in [5, 5.41) is 0. The van der Waals surface area contributed by atoms with Gasteiger partial charge in [-0.25, -0.2) is 0 Å². The second-order valence-electron chi connectivity index (χ2n) is 6.97. The Balaban J connectivity index is 2.35. The summed E-state index contributed by atoms with van der Waals surface area (Å²) in [5.41, 5.74) is 2.47. The standard InChI is InChI=1S/C22H29NO5S/c1-6-17(4)23(22(24)19-11-8-16(3)9-12-19)15-18-10-13-20(27-5)21(14-18)28-29(25,26)7-2/h8-14,17H,6-7,15H2,1-5H3. The lowest BCUT2D eigenvalue weighted by atomic mass is 10.1. The van der Waals surface area contributed by atoms with Gasteiger partial charge < -0.3 is 13.8 Å². The molecule has 158 valence electrons. The molecular weight excluding hydrogens is 390 g/mol. The smallest absolute Gasteiger partial charge is 0.309 e. The van der Waals surface area contributed by atoms with Crippen molar-refractivity contribution < 1.29 is 22.1 Å². The quantitative estimate of drug-likeness (QED) is 0.570. The molecule has 7 heteroatoms. The molecule has 0 saturated heterocycles. The molecule has 29 heavy (non-hydrogen) atoms. The van der Waals surface area contributed by atoms with Gasteiger partial charge in [0.05, 0.1) is 12.9 Å². The number of nitrogens with zero attached hydrogens (tertiary/aromatic N) is 1. The van der Waals surface area contributed by atoms with Crippen molar-refractivity contribution in [1.29, 1.82) is 0 Å². The Bertz CT molecular complexity index is 938. The van der Waals surface area contributed by atoms with Crippen molar-refractivity contribution in [1.82, 2.24) is 4.90 Å². The number of benzene rings is 2. The van der Waals surface area contributed by atoms with Crippen LogP contribution in [0.15, 0.2) is 42.5 Å². The first-order valence-corrected chi connectivity index (χ1v) is 11.2. The third kappa shape index (κ3) is 5.97. The molecule has 0 heterocycles. The topological polar surface area (TPSA) is 72.9 Å². The van der Waals surface area contributed by atoms with E-state index in [1.54, 1.807) is 17.0 Å². The second kappa shape index (κ2) is 9.78. The van der Waals surface area contributed by atoms with Crippen LogP contribution in [0.25, 0.3) is 0 Å². The van der Waals surface area contributed by atoms with Crippen LogP contribution in [-0.4, -0.2) is 38.1 Å². The summed E-state index contributed by atoms with van der Waals surface area (Å²) in [4.78, 5) is 14.9. The molecule has 2 rings (SSSR count). The van der Waals surface area contributed by atoms with Gasteiger partial charge in [0.2, 0.25) is 0 Å². The van der Waals surface area contributed by atoms with E-state index in [-0.39, 0.29) is 23.5 Å². The van der Waals surface area contributed by atoms with Crippen LogP contribution in [0.3, 0.4) is 0 Å². The molecule has 0 aliphatic heterocycles. The van der Waals surface area contributed by atoms with E-state index in [2.05, 4.69) is 0 Å². The van der Waals surface area contributed by atoms with Gasteiger partial charge in [-0.15, -0.1) is 0 Å². The molecule has 6 nitrogen and oxygen atoms in total. The van der Waals surface area contributed by atoms with Crippen LogP contribution in [0.5, 0.6) is 11.5 Å². The Morgan fingerprint density at radius 2 is 1.72 bits per heavy atom. The Hall–Kier alpha value is -2.54. The molecule has 0 bridgehead atoms. The highest BCUT2D eigenvalue weighted by molar-refractivity contribution is 7.87. The average Bonchev–Trinajstić information content (AvgIpc) is 2.71. The molecule has 0 aliphatic rings. The SMILES string of the molecule is CCC(C)N(Cc1ccc(OC)c(OS(=O)(=O)CC)c1)C(=O)c1ccc(C)cc1. The normalized spacial score (nSPS) is 12.3. The molecule has 0 saturated carbocycles. The fourth-order valence-electron chi connectivity index (χ4n) is 2.79. The van der Waals surface area contributed by atoms with E-state index in [1.165, 1.54) is 14.0 Å². The molecule has 1 amide bonds. The third-order valence-electron chi connectivity index (χ3n) is 4.83. The average molecular weight is 420 g/mol. The van der Waals surface area contributed by atoms with Crippen LogP contribution < -0.4 is 8.92 Å². The Kier molecular flexibility index (Phi) is 7.67. The molecule has 2 aromatic carbocycles.